The molecule has 0 saturated carbocycles. The van der Waals surface area contributed by atoms with Crippen LogP contribution in [-0.4, -0.2) is 34.4 Å². The lowest BCUT2D eigenvalue weighted by atomic mass is 10.1. The van der Waals surface area contributed by atoms with Crippen LogP contribution in [0.4, 0.5) is 5.95 Å². The van der Waals surface area contributed by atoms with Gasteiger partial charge in [-0.3, -0.25) is 14.9 Å². The third kappa shape index (κ3) is 3.66. The number of anilines is 1. The first kappa shape index (κ1) is 14.2. The van der Waals surface area contributed by atoms with E-state index in [1.54, 1.807) is 6.07 Å². The number of aryl methyl sites for hydroxylation is 1. The molecule has 1 aliphatic heterocycles. The van der Waals surface area contributed by atoms with Gasteiger partial charge in [-0.25, -0.2) is 4.98 Å². The Labute approximate surface area is 117 Å². The number of hydrogen-bond donors (Lipinski definition) is 2. The minimum atomic E-state index is -0.492. The Bertz CT molecular complexity index is 518. The van der Waals surface area contributed by atoms with E-state index in [2.05, 4.69) is 20.6 Å². The van der Waals surface area contributed by atoms with E-state index < -0.39 is 6.04 Å². The second-order valence-electron chi connectivity index (χ2n) is 4.67. The zero-order valence-electron chi connectivity index (χ0n) is 11.6. The molecule has 108 valence electrons. The molecule has 2 N–H and O–H groups in total. The van der Waals surface area contributed by atoms with Gasteiger partial charge in [-0.05, 0) is 19.8 Å². The fraction of sp³-hybridized carbons (Fsp3) is 0.538. The first-order chi connectivity index (χ1) is 9.58. The molecular formula is C13H18N4O3. The molecule has 0 spiro atoms. The first-order valence-electron chi connectivity index (χ1n) is 6.67. The van der Waals surface area contributed by atoms with Crippen molar-refractivity contribution in [2.75, 3.05) is 11.9 Å². The minimum Gasteiger partial charge on any atom is -0.478 e. The highest BCUT2D eigenvalue weighted by atomic mass is 16.5. The molecule has 7 heteroatoms. The van der Waals surface area contributed by atoms with Gasteiger partial charge in [-0.1, -0.05) is 6.92 Å². The number of amides is 2. The highest BCUT2D eigenvalue weighted by Crippen LogP contribution is 2.15. The van der Waals surface area contributed by atoms with E-state index >= 15 is 0 Å². The van der Waals surface area contributed by atoms with E-state index in [4.69, 9.17) is 4.74 Å². The molecule has 2 heterocycles. The third-order valence-electron chi connectivity index (χ3n) is 2.83. The molecule has 2 rings (SSSR count). The lowest BCUT2D eigenvalue weighted by molar-refractivity contribution is -0.133. The summed E-state index contributed by atoms with van der Waals surface area (Å²) in [7, 11) is 0. The van der Waals surface area contributed by atoms with Crippen LogP contribution in [0.15, 0.2) is 6.07 Å². The van der Waals surface area contributed by atoms with E-state index in [1.165, 1.54) is 0 Å². The molecule has 0 radical (unpaired) electrons. The van der Waals surface area contributed by atoms with Crippen molar-refractivity contribution in [1.29, 1.82) is 0 Å². The molecule has 1 aromatic heterocycles. The highest BCUT2D eigenvalue weighted by Gasteiger charge is 2.27. The summed E-state index contributed by atoms with van der Waals surface area (Å²) in [5.74, 6) is 0.229. The number of carbonyl (C=O) groups is 2. The van der Waals surface area contributed by atoms with Gasteiger partial charge in [0.15, 0.2) is 0 Å². The number of nitrogens with one attached hydrogen (secondary N) is 2. The van der Waals surface area contributed by atoms with Crippen molar-refractivity contribution in [2.45, 2.75) is 39.2 Å². The second kappa shape index (κ2) is 6.31. The van der Waals surface area contributed by atoms with Gasteiger partial charge in [-0.2, -0.15) is 4.98 Å². The first-order valence-corrected chi connectivity index (χ1v) is 6.67. The van der Waals surface area contributed by atoms with Crippen molar-refractivity contribution in [3.05, 3.63) is 11.8 Å². The van der Waals surface area contributed by atoms with Crippen LogP contribution >= 0.6 is 0 Å². The van der Waals surface area contributed by atoms with E-state index in [0.29, 0.717) is 31.3 Å². The van der Waals surface area contributed by atoms with Crippen LogP contribution in [0.5, 0.6) is 5.88 Å². The van der Waals surface area contributed by atoms with Crippen molar-refractivity contribution in [3.63, 3.8) is 0 Å². The number of imide groups is 1. The van der Waals surface area contributed by atoms with Crippen molar-refractivity contribution < 1.29 is 14.3 Å². The zero-order valence-corrected chi connectivity index (χ0v) is 11.6. The number of piperidine rings is 1. The molecule has 1 aromatic rings. The second-order valence-corrected chi connectivity index (χ2v) is 4.67. The molecule has 20 heavy (non-hydrogen) atoms. The van der Waals surface area contributed by atoms with E-state index in [0.717, 1.165) is 12.1 Å². The molecule has 7 nitrogen and oxygen atoms in total. The van der Waals surface area contributed by atoms with Crippen LogP contribution in [0.3, 0.4) is 0 Å². The van der Waals surface area contributed by atoms with Gasteiger partial charge in [0, 0.05) is 18.2 Å². The predicted octanol–water partition coefficient (Wildman–Crippen LogP) is 0.791. The van der Waals surface area contributed by atoms with Gasteiger partial charge in [-0.15, -0.1) is 0 Å². The van der Waals surface area contributed by atoms with Crippen LogP contribution in [0.1, 0.15) is 31.9 Å². The van der Waals surface area contributed by atoms with Gasteiger partial charge < -0.3 is 10.1 Å². The average molecular weight is 278 g/mol. The highest BCUT2D eigenvalue weighted by molar-refractivity contribution is 6.01. The van der Waals surface area contributed by atoms with E-state index in [1.807, 2.05) is 13.8 Å². The normalized spacial score (nSPS) is 18.6. The van der Waals surface area contributed by atoms with Crippen LogP contribution in [-0.2, 0) is 9.59 Å². The van der Waals surface area contributed by atoms with Gasteiger partial charge in [0.2, 0.25) is 23.6 Å². The Morgan fingerprint density at radius 2 is 2.25 bits per heavy atom. The zero-order chi connectivity index (χ0) is 14.5. The molecule has 1 aliphatic rings. The molecule has 1 atom stereocenters. The number of hydrogen-bond acceptors (Lipinski definition) is 6. The van der Waals surface area contributed by atoms with Gasteiger partial charge in [0.1, 0.15) is 6.04 Å². The van der Waals surface area contributed by atoms with Crippen molar-refractivity contribution >= 4 is 17.8 Å². The largest absolute Gasteiger partial charge is 0.478 e. The van der Waals surface area contributed by atoms with Crippen molar-refractivity contribution in [2.24, 2.45) is 0 Å². The third-order valence-corrected chi connectivity index (χ3v) is 2.83. The molecule has 0 aromatic carbocycles. The fourth-order valence-corrected chi connectivity index (χ4v) is 1.87. The van der Waals surface area contributed by atoms with Crippen LogP contribution < -0.4 is 15.4 Å². The van der Waals surface area contributed by atoms with Gasteiger partial charge >= 0.3 is 0 Å². The summed E-state index contributed by atoms with van der Waals surface area (Å²) in [5.41, 5.74) is 0.751. The fourth-order valence-electron chi connectivity index (χ4n) is 1.87. The Morgan fingerprint density at radius 3 is 2.95 bits per heavy atom. The van der Waals surface area contributed by atoms with Crippen molar-refractivity contribution in [1.82, 2.24) is 15.3 Å². The summed E-state index contributed by atoms with van der Waals surface area (Å²) in [5, 5.41) is 5.23. The van der Waals surface area contributed by atoms with Crippen LogP contribution in [0.25, 0.3) is 0 Å². The molecule has 2 amide bonds. The van der Waals surface area contributed by atoms with Gasteiger partial charge in [0.25, 0.3) is 0 Å². The Balaban J connectivity index is 2.06. The summed E-state index contributed by atoms with van der Waals surface area (Å²) in [4.78, 5) is 31.2. The maximum absolute atomic E-state index is 11.7. The van der Waals surface area contributed by atoms with Crippen LogP contribution in [0.2, 0.25) is 0 Å². The Morgan fingerprint density at radius 1 is 1.45 bits per heavy atom. The van der Waals surface area contributed by atoms with Crippen LogP contribution in [0, 0.1) is 6.92 Å². The lowest BCUT2D eigenvalue weighted by Gasteiger charge is -2.22. The standard InChI is InChI=1S/C13H18N4O3/c1-3-6-20-11-7-8(2)14-13(17-11)15-9-4-5-10(18)16-12(9)19/h7,9H,3-6H2,1-2H3,(H,14,15,17)(H,16,18,19). The van der Waals surface area contributed by atoms with E-state index in [-0.39, 0.29) is 11.8 Å². The smallest absolute Gasteiger partial charge is 0.249 e. The Kier molecular flexibility index (Phi) is 4.49. The minimum absolute atomic E-state index is 0.245. The molecule has 0 bridgehead atoms. The SMILES string of the molecule is CCCOc1cc(C)nc(NC2CCC(=O)NC2=O)n1. The summed E-state index contributed by atoms with van der Waals surface area (Å²) >= 11 is 0. The average Bonchev–Trinajstić information content (AvgIpc) is 2.39. The number of nitrogens with zero attached hydrogens (tertiary/aromatic N) is 2. The maximum Gasteiger partial charge on any atom is 0.249 e. The Hall–Kier alpha value is -2.18. The lowest BCUT2D eigenvalue weighted by Crippen LogP contribution is -2.47. The van der Waals surface area contributed by atoms with Gasteiger partial charge in [0.05, 0.1) is 6.61 Å². The molecule has 1 fully saturated rings. The monoisotopic (exact) mass is 278 g/mol. The number of aromatic nitrogens is 2. The summed E-state index contributed by atoms with van der Waals surface area (Å²) in [6.45, 7) is 4.42. The molecule has 1 unspecified atom stereocenters. The molecular weight excluding hydrogens is 260 g/mol. The summed E-state index contributed by atoms with van der Waals surface area (Å²) in [6, 6.07) is 1.25. The van der Waals surface area contributed by atoms with Crippen molar-refractivity contribution in [3.8, 4) is 5.88 Å². The number of carbonyl (C=O) groups excluding carboxylic acids is 2. The number of rotatable bonds is 5. The quantitative estimate of drug-likeness (QED) is 0.773. The number of ether oxygens (including phenoxy) is 1. The summed E-state index contributed by atoms with van der Waals surface area (Å²) in [6.07, 6.45) is 1.64. The topological polar surface area (TPSA) is 93.2 Å². The van der Waals surface area contributed by atoms with E-state index in [9.17, 15) is 9.59 Å². The summed E-state index contributed by atoms with van der Waals surface area (Å²) < 4.78 is 5.46. The maximum atomic E-state index is 11.7. The predicted molar refractivity (Wildman–Crippen MR) is 72.3 cm³/mol. The molecule has 0 aliphatic carbocycles. The molecule has 1 saturated heterocycles.